The van der Waals surface area contributed by atoms with Gasteiger partial charge in [-0.3, -0.25) is 14.4 Å². The van der Waals surface area contributed by atoms with E-state index in [0.29, 0.717) is 16.0 Å². The Bertz CT molecular complexity index is 689. The zero-order valence-electron chi connectivity index (χ0n) is 16.8. The average Bonchev–Trinajstić information content (AvgIpc) is 2.72. The first-order valence-corrected chi connectivity index (χ1v) is 9.92. The van der Waals surface area contributed by atoms with Crippen LogP contribution in [0.1, 0.15) is 48.4 Å². The van der Waals surface area contributed by atoms with Crippen molar-refractivity contribution in [1.29, 1.82) is 0 Å². The van der Waals surface area contributed by atoms with E-state index in [1.807, 2.05) is 39.8 Å². The van der Waals surface area contributed by atoms with Crippen LogP contribution in [-0.4, -0.2) is 36.8 Å². The Morgan fingerprint density at radius 2 is 1.30 bits per heavy atom. The standard InChI is InChI=1S/C10H11NO2S.C7H6OS.2C2H6/c1-11(2)10(13)14-9-6-4-3-5-8(9)7-12;8-5-6-3-1-2-4-7(6)9;2*1-2/h3-7H,1-2H3;1-5,9H;2*1-2H3. The second-order valence-electron chi connectivity index (χ2n) is 4.59. The molecule has 0 aliphatic rings. The van der Waals surface area contributed by atoms with Crippen molar-refractivity contribution in [2.45, 2.75) is 37.5 Å². The van der Waals surface area contributed by atoms with Crippen molar-refractivity contribution in [3.63, 3.8) is 0 Å². The number of thiol groups is 1. The quantitative estimate of drug-likeness (QED) is 0.379. The monoisotopic (exact) mass is 407 g/mol. The molecular formula is C21H29NO3S2. The maximum atomic E-state index is 11.4. The number of rotatable bonds is 3. The fourth-order valence-corrected chi connectivity index (χ4v) is 2.41. The molecule has 27 heavy (non-hydrogen) atoms. The minimum Gasteiger partial charge on any atom is -0.339 e. The lowest BCUT2D eigenvalue weighted by atomic mass is 10.2. The maximum absolute atomic E-state index is 11.4. The molecular weight excluding hydrogens is 378 g/mol. The molecule has 0 aromatic heterocycles. The highest BCUT2D eigenvalue weighted by Crippen LogP contribution is 2.23. The third-order valence-electron chi connectivity index (χ3n) is 2.67. The van der Waals surface area contributed by atoms with E-state index in [1.165, 1.54) is 4.90 Å². The summed E-state index contributed by atoms with van der Waals surface area (Å²) in [5.74, 6) is 0. The maximum Gasteiger partial charge on any atom is 0.285 e. The minimum absolute atomic E-state index is 0.0840. The first-order valence-electron chi connectivity index (χ1n) is 8.66. The second-order valence-corrected chi connectivity index (χ2v) is 6.07. The highest BCUT2D eigenvalue weighted by Gasteiger charge is 2.09. The van der Waals surface area contributed by atoms with Crippen molar-refractivity contribution in [3.8, 4) is 0 Å². The summed E-state index contributed by atoms with van der Waals surface area (Å²) in [4.78, 5) is 35.1. The molecule has 2 rings (SSSR count). The molecule has 2 aromatic carbocycles. The van der Waals surface area contributed by atoms with Crippen LogP contribution in [0.4, 0.5) is 4.79 Å². The molecule has 4 nitrogen and oxygen atoms in total. The SMILES string of the molecule is CC.CC.CN(C)C(=O)Sc1ccccc1C=O.O=Cc1ccccc1S. The normalized spacial score (nSPS) is 8.41. The van der Waals surface area contributed by atoms with E-state index < -0.39 is 0 Å². The number of hydrogen-bond acceptors (Lipinski definition) is 5. The largest absolute Gasteiger partial charge is 0.339 e. The Hall–Kier alpha value is -2.05. The summed E-state index contributed by atoms with van der Waals surface area (Å²) in [6, 6.07) is 14.2. The van der Waals surface area contributed by atoms with Crippen LogP contribution < -0.4 is 0 Å². The predicted molar refractivity (Wildman–Crippen MR) is 119 cm³/mol. The summed E-state index contributed by atoms with van der Waals surface area (Å²) in [6.45, 7) is 8.00. The molecule has 0 aliphatic carbocycles. The lowest BCUT2D eigenvalue weighted by molar-refractivity contribution is 0.111. The molecule has 0 N–H and O–H groups in total. The summed E-state index contributed by atoms with van der Waals surface area (Å²) in [5, 5.41) is -0.0840. The van der Waals surface area contributed by atoms with Gasteiger partial charge in [0, 0.05) is 35.0 Å². The van der Waals surface area contributed by atoms with Crippen molar-refractivity contribution in [2.75, 3.05) is 14.1 Å². The highest BCUT2D eigenvalue weighted by molar-refractivity contribution is 8.13. The summed E-state index contributed by atoms with van der Waals surface area (Å²) < 4.78 is 0. The van der Waals surface area contributed by atoms with Crippen LogP contribution in [0.2, 0.25) is 0 Å². The number of amides is 1. The Balaban J connectivity index is 0. The van der Waals surface area contributed by atoms with E-state index in [-0.39, 0.29) is 5.24 Å². The molecule has 0 atom stereocenters. The number of nitrogens with zero attached hydrogens (tertiary/aromatic N) is 1. The first kappa shape index (κ1) is 27.2. The number of hydrogen-bond donors (Lipinski definition) is 1. The van der Waals surface area contributed by atoms with Crippen molar-refractivity contribution < 1.29 is 14.4 Å². The van der Waals surface area contributed by atoms with Gasteiger partial charge in [-0.05, 0) is 23.9 Å². The molecule has 0 radical (unpaired) electrons. The molecule has 0 heterocycles. The number of carbonyl (C=O) groups excluding carboxylic acids is 3. The number of aldehydes is 2. The second kappa shape index (κ2) is 17.4. The fourth-order valence-electron chi connectivity index (χ4n) is 1.44. The van der Waals surface area contributed by atoms with Gasteiger partial charge in [0.05, 0.1) is 0 Å². The Morgan fingerprint density at radius 1 is 0.852 bits per heavy atom. The third kappa shape index (κ3) is 11.3. The topological polar surface area (TPSA) is 54.5 Å². The number of benzene rings is 2. The van der Waals surface area contributed by atoms with E-state index in [0.717, 1.165) is 29.2 Å². The van der Waals surface area contributed by atoms with Gasteiger partial charge in [0.2, 0.25) is 0 Å². The van der Waals surface area contributed by atoms with Crippen molar-refractivity contribution in [2.24, 2.45) is 0 Å². The lowest BCUT2D eigenvalue weighted by Crippen LogP contribution is -2.16. The van der Waals surface area contributed by atoms with Gasteiger partial charge in [-0.2, -0.15) is 0 Å². The minimum atomic E-state index is -0.0840. The Kier molecular flexibility index (Phi) is 17.5. The van der Waals surface area contributed by atoms with Crippen LogP contribution in [0.25, 0.3) is 0 Å². The van der Waals surface area contributed by atoms with E-state index in [1.54, 1.807) is 50.5 Å². The molecule has 1 amide bonds. The number of thioether (sulfide) groups is 1. The van der Waals surface area contributed by atoms with Crippen LogP contribution in [0.5, 0.6) is 0 Å². The van der Waals surface area contributed by atoms with Crippen LogP contribution in [0, 0.1) is 0 Å². The van der Waals surface area contributed by atoms with E-state index in [4.69, 9.17) is 0 Å². The van der Waals surface area contributed by atoms with Crippen molar-refractivity contribution in [3.05, 3.63) is 59.7 Å². The molecule has 0 saturated heterocycles. The van der Waals surface area contributed by atoms with Crippen molar-refractivity contribution in [1.82, 2.24) is 4.90 Å². The van der Waals surface area contributed by atoms with E-state index in [2.05, 4.69) is 12.6 Å². The highest BCUT2D eigenvalue weighted by atomic mass is 32.2. The summed E-state index contributed by atoms with van der Waals surface area (Å²) in [6.07, 6.45) is 1.55. The molecule has 6 heteroatoms. The summed E-state index contributed by atoms with van der Waals surface area (Å²) in [5.41, 5.74) is 1.19. The summed E-state index contributed by atoms with van der Waals surface area (Å²) >= 11 is 5.11. The van der Waals surface area contributed by atoms with Crippen LogP contribution >= 0.6 is 24.4 Å². The fraction of sp³-hybridized carbons (Fsp3) is 0.286. The zero-order chi connectivity index (χ0) is 21.2. The van der Waals surface area contributed by atoms with Crippen LogP contribution in [-0.2, 0) is 0 Å². The lowest BCUT2D eigenvalue weighted by Gasteiger charge is -2.09. The first-order chi connectivity index (χ1) is 13.0. The third-order valence-corrected chi connectivity index (χ3v) is 4.21. The Morgan fingerprint density at radius 3 is 1.70 bits per heavy atom. The van der Waals surface area contributed by atoms with Crippen molar-refractivity contribution >= 4 is 42.2 Å². The van der Waals surface area contributed by atoms with Crippen LogP contribution in [0.15, 0.2) is 58.3 Å². The smallest absolute Gasteiger partial charge is 0.285 e. The van der Waals surface area contributed by atoms with Gasteiger partial charge in [-0.15, -0.1) is 12.6 Å². The molecule has 0 unspecified atom stereocenters. The molecule has 0 saturated carbocycles. The molecule has 148 valence electrons. The predicted octanol–water partition coefficient (Wildman–Crippen LogP) is 6.11. The van der Waals surface area contributed by atoms with Gasteiger partial charge >= 0.3 is 0 Å². The molecule has 2 aromatic rings. The van der Waals surface area contributed by atoms with Gasteiger partial charge in [0.25, 0.3) is 5.24 Å². The number of carbonyl (C=O) groups is 3. The van der Waals surface area contributed by atoms with Crippen LogP contribution in [0.3, 0.4) is 0 Å². The van der Waals surface area contributed by atoms with Gasteiger partial charge in [-0.25, -0.2) is 0 Å². The molecule has 0 spiro atoms. The van der Waals surface area contributed by atoms with E-state index in [9.17, 15) is 14.4 Å². The Labute approximate surface area is 172 Å². The average molecular weight is 408 g/mol. The zero-order valence-corrected chi connectivity index (χ0v) is 18.5. The van der Waals surface area contributed by atoms with Gasteiger partial charge in [-0.1, -0.05) is 64.1 Å². The van der Waals surface area contributed by atoms with Gasteiger partial charge in [0.1, 0.15) is 0 Å². The molecule has 0 aliphatic heterocycles. The molecule has 0 bridgehead atoms. The summed E-state index contributed by atoms with van der Waals surface area (Å²) in [7, 11) is 3.36. The van der Waals surface area contributed by atoms with Gasteiger partial charge in [0.15, 0.2) is 12.6 Å². The van der Waals surface area contributed by atoms with E-state index >= 15 is 0 Å². The van der Waals surface area contributed by atoms with Gasteiger partial charge < -0.3 is 4.90 Å². The molecule has 0 fully saturated rings.